The summed E-state index contributed by atoms with van der Waals surface area (Å²) in [6, 6.07) is 16.3. The van der Waals surface area contributed by atoms with Crippen LogP contribution in [0.1, 0.15) is 31.0 Å². The third-order valence-electron chi connectivity index (χ3n) is 4.45. The summed E-state index contributed by atoms with van der Waals surface area (Å²) in [5.41, 5.74) is 6.17. The minimum Gasteiger partial charge on any atom is -0.487 e. The molecule has 4 rings (SSSR count). The largest absolute Gasteiger partial charge is 0.487 e. The fourth-order valence-corrected chi connectivity index (χ4v) is 3.10. The highest BCUT2D eigenvalue weighted by atomic mass is 16.5. The zero-order valence-electron chi connectivity index (χ0n) is 15.4. The summed E-state index contributed by atoms with van der Waals surface area (Å²) in [7, 11) is 0. The topological polar surface area (TPSA) is 53.2 Å². The molecule has 2 N–H and O–H groups in total. The van der Waals surface area contributed by atoms with Gasteiger partial charge in [-0.25, -0.2) is 0 Å². The predicted molar refractivity (Wildman–Crippen MR) is 111 cm³/mol. The normalized spacial score (nSPS) is 14.7. The molecule has 2 aromatic heterocycles. The Kier molecular flexibility index (Phi) is 5.06. The lowest BCUT2D eigenvalue weighted by atomic mass is 10.2. The van der Waals surface area contributed by atoms with Gasteiger partial charge in [0.25, 0.3) is 0 Å². The Balaban J connectivity index is 1.62. The number of rotatable bonds is 7. The molecule has 1 aliphatic rings. The van der Waals surface area contributed by atoms with Crippen LogP contribution < -0.4 is 4.74 Å². The van der Waals surface area contributed by atoms with Crippen molar-refractivity contribution in [2.45, 2.75) is 26.4 Å². The minimum atomic E-state index is 0.527. The van der Waals surface area contributed by atoms with Crippen molar-refractivity contribution in [3.05, 3.63) is 83.8 Å². The van der Waals surface area contributed by atoms with Crippen LogP contribution in [-0.4, -0.2) is 15.7 Å². The van der Waals surface area contributed by atoms with E-state index in [9.17, 15) is 0 Å². The number of H-pyrrole nitrogens is 2. The molecule has 0 aliphatic carbocycles. The second-order valence-electron chi connectivity index (χ2n) is 6.57. The first-order valence-corrected chi connectivity index (χ1v) is 9.32. The molecule has 3 heterocycles. The minimum absolute atomic E-state index is 0.527. The van der Waals surface area contributed by atoms with Crippen LogP contribution in [0.2, 0.25) is 0 Å². The molecule has 0 atom stereocenters. The van der Waals surface area contributed by atoms with Gasteiger partial charge in [0, 0.05) is 18.0 Å². The quantitative estimate of drug-likeness (QED) is 0.556. The van der Waals surface area contributed by atoms with Crippen molar-refractivity contribution >= 4 is 11.8 Å². The Morgan fingerprint density at radius 2 is 1.93 bits per heavy atom. The number of nitrogens with one attached hydrogen (secondary N) is 2. The molecule has 0 saturated carbocycles. The predicted octanol–water partition coefficient (Wildman–Crippen LogP) is 5.74. The van der Waals surface area contributed by atoms with Gasteiger partial charge in [0.05, 0.1) is 22.8 Å². The van der Waals surface area contributed by atoms with Crippen LogP contribution in [0.25, 0.3) is 17.5 Å². The van der Waals surface area contributed by atoms with Crippen molar-refractivity contribution in [3.8, 4) is 17.1 Å². The number of aliphatic imine (C=N–C) groups is 1. The van der Waals surface area contributed by atoms with E-state index in [1.807, 2.05) is 48.7 Å². The number of aromatic amines is 2. The summed E-state index contributed by atoms with van der Waals surface area (Å²) >= 11 is 0. The Hall–Kier alpha value is -3.27. The second-order valence-corrected chi connectivity index (χ2v) is 6.57. The summed E-state index contributed by atoms with van der Waals surface area (Å²) in [6.45, 7) is 2.69. The van der Waals surface area contributed by atoms with Crippen LogP contribution in [-0.2, 0) is 6.61 Å². The molecule has 4 nitrogen and oxygen atoms in total. The molecule has 4 heteroatoms. The lowest BCUT2D eigenvalue weighted by Crippen LogP contribution is -1.95. The highest BCUT2D eigenvalue weighted by Gasteiger charge is 2.12. The highest BCUT2D eigenvalue weighted by molar-refractivity contribution is 5.99. The van der Waals surface area contributed by atoms with Gasteiger partial charge in [0.15, 0.2) is 0 Å². The van der Waals surface area contributed by atoms with E-state index in [-0.39, 0.29) is 0 Å². The number of hydrogen-bond donors (Lipinski definition) is 2. The molecule has 0 radical (unpaired) electrons. The highest BCUT2D eigenvalue weighted by Crippen LogP contribution is 2.30. The monoisotopic (exact) mass is 357 g/mol. The molecule has 0 bridgehead atoms. The molecule has 3 aromatic rings. The van der Waals surface area contributed by atoms with Crippen LogP contribution >= 0.6 is 0 Å². The smallest absolute Gasteiger partial charge is 0.145 e. The molecule has 0 spiro atoms. The standard InChI is InChI=1S/C23H23N3O/c1-2-7-18-11-12-19(25-18)14-22-23(27-16-17-8-4-3-5-9-17)15-21(26-22)20-10-6-13-24-20/h3-6,8-15,24,26H,2,7,16H2,1H3. The Morgan fingerprint density at radius 3 is 2.70 bits per heavy atom. The molecule has 0 saturated heterocycles. The third-order valence-corrected chi connectivity index (χ3v) is 4.45. The van der Waals surface area contributed by atoms with E-state index in [0.717, 1.165) is 52.6 Å². The van der Waals surface area contributed by atoms with Crippen molar-refractivity contribution in [1.29, 1.82) is 0 Å². The molecule has 27 heavy (non-hydrogen) atoms. The lowest BCUT2D eigenvalue weighted by Gasteiger charge is -2.05. The summed E-state index contributed by atoms with van der Waals surface area (Å²) in [4.78, 5) is 11.4. The van der Waals surface area contributed by atoms with Crippen LogP contribution in [0.15, 0.2) is 77.6 Å². The Labute approximate surface area is 159 Å². The van der Waals surface area contributed by atoms with E-state index in [1.54, 1.807) is 0 Å². The number of aromatic nitrogens is 2. The molecular formula is C23H23N3O. The van der Waals surface area contributed by atoms with Crippen molar-refractivity contribution < 1.29 is 4.74 Å². The van der Waals surface area contributed by atoms with Gasteiger partial charge in [-0.05, 0) is 42.3 Å². The molecule has 0 amide bonds. The number of hydrogen-bond acceptors (Lipinski definition) is 2. The van der Waals surface area contributed by atoms with Gasteiger partial charge in [0.1, 0.15) is 12.4 Å². The lowest BCUT2D eigenvalue weighted by molar-refractivity contribution is 0.306. The van der Waals surface area contributed by atoms with Gasteiger partial charge in [-0.1, -0.05) is 43.7 Å². The average molecular weight is 357 g/mol. The molecule has 136 valence electrons. The maximum absolute atomic E-state index is 6.12. The summed E-state index contributed by atoms with van der Waals surface area (Å²) in [5, 5.41) is 0. The number of allylic oxidation sites excluding steroid dienone is 2. The SMILES string of the molecule is CCCC1=NC(=Cc2[nH]c(-c3ccc[nH]3)cc2OCc2ccccc2)C=C1. The maximum Gasteiger partial charge on any atom is 0.145 e. The van der Waals surface area contributed by atoms with E-state index in [2.05, 4.69) is 46.2 Å². The Bertz CT molecular complexity index is 976. The fourth-order valence-electron chi connectivity index (χ4n) is 3.10. The first-order valence-electron chi connectivity index (χ1n) is 9.32. The van der Waals surface area contributed by atoms with Crippen molar-refractivity contribution in [3.63, 3.8) is 0 Å². The van der Waals surface area contributed by atoms with E-state index < -0.39 is 0 Å². The maximum atomic E-state index is 6.12. The summed E-state index contributed by atoms with van der Waals surface area (Å²) in [5.74, 6) is 0.823. The second kappa shape index (κ2) is 7.96. The van der Waals surface area contributed by atoms with Gasteiger partial charge >= 0.3 is 0 Å². The first kappa shape index (κ1) is 17.2. The Morgan fingerprint density at radius 1 is 1.04 bits per heavy atom. The van der Waals surface area contributed by atoms with Crippen LogP contribution in [0.4, 0.5) is 0 Å². The van der Waals surface area contributed by atoms with Crippen molar-refractivity contribution in [2.24, 2.45) is 4.99 Å². The number of benzene rings is 1. The third kappa shape index (κ3) is 4.11. The molecule has 1 aliphatic heterocycles. The van der Waals surface area contributed by atoms with Crippen LogP contribution in [0, 0.1) is 0 Å². The van der Waals surface area contributed by atoms with E-state index in [0.29, 0.717) is 6.61 Å². The fraction of sp³-hybridized carbons (Fsp3) is 0.174. The van der Waals surface area contributed by atoms with Crippen molar-refractivity contribution in [2.75, 3.05) is 0 Å². The number of nitrogens with zero attached hydrogens (tertiary/aromatic N) is 1. The van der Waals surface area contributed by atoms with E-state index in [1.165, 1.54) is 0 Å². The van der Waals surface area contributed by atoms with Crippen molar-refractivity contribution in [1.82, 2.24) is 9.97 Å². The zero-order chi connectivity index (χ0) is 18.5. The zero-order valence-corrected chi connectivity index (χ0v) is 15.4. The molecule has 0 unspecified atom stereocenters. The number of ether oxygens (including phenoxy) is 1. The van der Waals surface area contributed by atoms with Gasteiger partial charge in [-0.3, -0.25) is 4.99 Å². The van der Waals surface area contributed by atoms with E-state index in [4.69, 9.17) is 4.74 Å². The van der Waals surface area contributed by atoms with E-state index >= 15 is 0 Å². The molecular weight excluding hydrogens is 334 g/mol. The van der Waals surface area contributed by atoms with Gasteiger partial charge in [0.2, 0.25) is 0 Å². The van der Waals surface area contributed by atoms with Gasteiger partial charge in [-0.15, -0.1) is 0 Å². The van der Waals surface area contributed by atoms with Crippen LogP contribution in [0.5, 0.6) is 5.75 Å². The van der Waals surface area contributed by atoms with Gasteiger partial charge < -0.3 is 14.7 Å². The summed E-state index contributed by atoms with van der Waals surface area (Å²) < 4.78 is 6.12. The molecule has 1 aromatic carbocycles. The average Bonchev–Trinajstić information content (AvgIpc) is 3.43. The van der Waals surface area contributed by atoms with Gasteiger partial charge in [-0.2, -0.15) is 0 Å². The molecule has 0 fully saturated rings. The summed E-state index contributed by atoms with van der Waals surface area (Å²) in [6.07, 6.45) is 10.2. The first-order chi connectivity index (χ1) is 13.3. The van der Waals surface area contributed by atoms with Crippen LogP contribution in [0.3, 0.4) is 0 Å².